The van der Waals surface area contributed by atoms with Gasteiger partial charge in [0.15, 0.2) is 5.13 Å². The summed E-state index contributed by atoms with van der Waals surface area (Å²) in [5, 5.41) is 0.743. The Balaban J connectivity index is 1.66. The van der Waals surface area contributed by atoms with Crippen LogP contribution in [0.3, 0.4) is 0 Å². The zero-order valence-electron chi connectivity index (χ0n) is 16.3. The van der Waals surface area contributed by atoms with Crippen LogP contribution in [0.2, 0.25) is 0 Å². The number of fused-ring (bicyclic) bond motifs is 1. The van der Waals surface area contributed by atoms with Crippen LogP contribution in [0, 0.1) is 13.8 Å². The molecule has 0 saturated heterocycles. The third-order valence-electron chi connectivity index (χ3n) is 4.74. The van der Waals surface area contributed by atoms with E-state index in [-0.39, 0.29) is 5.91 Å². The van der Waals surface area contributed by atoms with Crippen molar-refractivity contribution >= 4 is 48.5 Å². The summed E-state index contributed by atoms with van der Waals surface area (Å²) >= 11 is 5.01. The topological polar surface area (TPSA) is 51.0 Å². The van der Waals surface area contributed by atoms with Gasteiger partial charge in [0.2, 0.25) is 0 Å². The zero-order valence-corrected chi connectivity index (χ0v) is 18.7. The van der Waals surface area contributed by atoms with Crippen molar-refractivity contribution in [3.05, 3.63) is 76.3 Å². The van der Waals surface area contributed by atoms with Gasteiger partial charge in [-0.25, -0.2) is 9.97 Å². The number of imidazole rings is 1. The predicted octanol–water partition coefficient (Wildman–Crippen LogP) is 5.61. The molecule has 0 fully saturated rings. The van der Waals surface area contributed by atoms with Crippen molar-refractivity contribution in [2.45, 2.75) is 26.8 Å². The third-order valence-corrected chi connectivity index (χ3v) is 6.30. The second kappa shape index (κ2) is 8.47. The molecule has 1 amide bonds. The van der Waals surface area contributed by atoms with Gasteiger partial charge >= 0.3 is 0 Å². The Labute approximate surface area is 182 Å². The van der Waals surface area contributed by atoms with Crippen molar-refractivity contribution in [2.24, 2.45) is 0 Å². The van der Waals surface area contributed by atoms with Crippen molar-refractivity contribution in [3.63, 3.8) is 0 Å². The maximum Gasteiger partial charge on any atom is 0.260 e. The molecule has 7 heteroatoms. The highest BCUT2D eigenvalue weighted by Crippen LogP contribution is 2.32. The molecular formula is C22H21BrN4OS. The number of hydrogen-bond donors (Lipinski definition) is 0. The van der Waals surface area contributed by atoms with Crippen molar-refractivity contribution in [1.29, 1.82) is 0 Å². The van der Waals surface area contributed by atoms with E-state index in [0.717, 1.165) is 38.3 Å². The summed E-state index contributed by atoms with van der Waals surface area (Å²) < 4.78 is 4.08. The Kier molecular flexibility index (Phi) is 5.78. The zero-order chi connectivity index (χ0) is 20.4. The number of halogens is 1. The lowest BCUT2D eigenvalue weighted by atomic mass is 10.1. The van der Waals surface area contributed by atoms with Gasteiger partial charge in [-0.1, -0.05) is 33.3 Å². The summed E-state index contributed by atoms with van der Waals surface area (Å²) in [6, 6.07) is 11.7. The monoisotopic (exact) mass is 468 g/mol. The fourth-order valence-electron chi connectivity index (χ4n) is 3.34. The molecule has 4 rings (SSSR count). The molecule has 5 nitrogen and oxygen atoms in total. The van der Waals surface area contributed by atoms with Gasteiger partial charge in [-0.05, 0) is 61.7 Å². The average molecular weight is 469 g/mol. The number of benzene rings is 2. The second-order valence-electron chi connectivity index (χ2n) is 7.04. The number of aryl methyl sites for hydroxylation is 3. The highest BCUT2D eigenvalue weighted by atomic mass is 79.9. The van der Waals surface area contributed by atoms with Crippen LogP contribution in [0.15, 0.2) is 59.6 Å². The molecule has 0 bridgehead atoms. The van der Waals surface area contributed by atoms with Gasteiger partial charge in [0.05, 0.1) is 16.5 Å². The number of carbonyl (C=O) groups is 1. The third kappa shape index (κ3) is 4.41. The van der Waals surface area contributed by atoms with Crippen molar-refractivity contribution in [1.82, 2.24) is 14.5 Å². The summed E-state index contributed by atoms with van der Waals surface area (Å²) in [5.74, 6) is -0.0310. The molecule has 4 aromatic rings. The van der Waals surface area contributed by atoms with E-state index in [1.165, 1.54) is 5.56 Å². The van der Waals surface area contributed by atoms with E-state index in [0.29, 0.717) is 12.1 Å². The Morgan fingerprint density at radius 2 is 2.00 bits per heavy atom. The molecule has 148 valence electrons. The van der Waals surface area contributed by atoms with E-state index in [9.17, 15) is 4.79 Å². The minimum atomic E-state index is -0.0310. The first kappa shape index (κ1) is 19.8. The van der Waals surface area contributed by atoms with E-state index < -0.39 is 0 Å². The SMILES string of the molecule is Cc1cc(C)c2nc(N(CCCn3ccnc3)C(=O)c3ccc(Br)cc3)sc2c1. The molecule has 0 aliphatic carbocycles. The molecule has 0 aliphatic heterocycles. The van der Waals surface area contributed by atoms with Gasteiger partial charge < -0.3 is 4.57 Å². The van der Waals surface area contributed by atoms with Crippen LogP contribution >= 0.6 is 27.3 Å². The van der Waals surface area contributed by atoms with E-state index >= 15 is 0 Å². The minimum Gasteiger partial charge on any atom is -0.337 e. The van der Waals surface area contributed by atoms with Crippen LogP contribution in [0.5, 0.6) is 0 Å². The van der Waals surface area contributed by atoms with Crippen molar-refractivity contribution < 1.29 is 4.79 Å². The van der Waals surface area contributed by atoms with Gasteiger partial charge in [0.25, 0.3) is 5.91 Å². The number of anilines is 1. The molecule has 0 radical (unpaired) electrons. The average Bonchev–Trinajstić information content (AvgIpc) is 3.35. The van der Waals surface area contributed by atoms with E-state index in [1.807, 2.05) is 35.0 Å². The normalized spacial score (nSPS) is 11.1. The van der Waals surface area contributed by atoms with Crippen LogP contribution in [0.1, 0.15) is 27.9 Å². The molecule has 0 atom stereocenters. The number of nitrogens with zero attached hydrogens (tertiary/aromatic N) is 4. The van der Waals surface area contributed by atoms with Crippen molar-refractivity contribution in [2.75, 3.05) is 11.4 Å². The lowest BCUT2D eigenvalue weighted by Gasteiger charge is -2.20. The smallest absolute Gasteiger partial charge is 0.260 e. The predicted molar refractivity (Wildman–Crippen MR) is 122 cm³/mol. The van der Waals surface area contributed by atoms with Gasteiger partial charge in [0, 0.05) is 35.5 Å². The van der Waals surface area contributed by atoms with Crippen LogP contribution in [-0.4, -0.2) is 27.0 Å². The Bertz CT molecular complexity index is 1140. The number of thiazole rings is 1. The Hall–Kier alpha value is -2.51. The van der Waals surface area contributed by atoms with E-state index in [2.05, 4.69) is 46.9 Å². The summed E-state index contributed by atoms with van der Waals surface area (Å²) in [4.78, 5) is 24.1. The minimum absolute atomic E-state index is 0.0310. The number of hydrogen-bond acceptors (Lipinski definition) is 4. The molecule has 2 heterocycles. The van der Waals surface area contributed by atoms with Gasteiger partial charge in [-0.3, -0.25) is 9.69 Å². The lowest BCUT2D eigenvalue weighted by molar-refractivity contribution is 0.0986. The first-order valence-corrected chi connectivity index (χ1v) is 11.0. The number of aromatic nitrogens is 3. The van der Waals surface area contributed by atoms with Crippen LogP contribution in [0.25, 0.3) is 10.2 Å². The summed E-state index contributed by atoms with van der Waals surface area (Å²) in [6.45, 7) is 5.54. The van der Waals surface area contributed by atoms with E-state index in [1.54, 1.807) is 28.8 Å². The standard InChI is InChI=1S/C22H21BrN4OS/c1-15-12-16(2)20-19(13-15)29-22(25-20)27(10-3-9-26-11-8-24-14-26)21(28)17-4-6-18(23)7-5-17/h4-8,11-14H,3,9-10H2,1-2H3. The van der Waals surface area contributed by atoms with Gasteiger partial charge in [0.1, 0.15) is 0 Å². The van der Waals surface area contributed by atoms with Crippen LogP contribution < -0.4 is 4.90 Å². The Morgan fingerprint density at radius 3 is 2.72 bits per heavy atom. The fraction of sp³-hybridized carbons (Fsp3) is 0.227. The van der Waals surface area contributed by atoms with E-state index in [4.69, 9.17) is 4.98 Å². The molecular weight excluding hydrogens is 448 g/mol. The molecule has 0 unspecified atom stereocenters. The first-order valence-electron chi connectivity index (χ1n) is 9.42. The number of rotatable bonds is 6. The molecule has 2 aromatic carbocycles. The molecule has 0 aliphatic rings. The largest absolute Gasteiger partial charge is 0.337 e. The van der Waals surface area contributed by atoms with Crippen LogP contribution in [-0.2, 0) is 6.54 Å². The van der Waals surface area contributed by atoms with Gasteiger partial charge in [-0.2, -0.15) is 0 Å². The molecule has 29 heavy (non-hydrogen) atoms. The number of amides is 1. The van der Waals surface area contributed by atoms with Gasteiger partial charge in [-0.15, -0.1) is 0 Å². The summed E-state index contributed by atoms with van der Waals surface area (Å²) in [5.41, 5.74) is 3.97. The molecule has 2 aromatic heterocycles. The maximum absolute atomic E-state index is 13.3. The highest BCUT2D eigenvalue weighted by Gasteiger charge is 2.21. The highest BCUT2D eigenvalue weighted by molar-refractivity contribution is 9.10. The molecule has 0 saturated carbocycles. The number of carbonyl (C=O) groups excluding carboxylic acids is 1. The molecule has 0 spiro atoms. The fourth-order valence-corrected chi connectivity index (χ4v) is 4.77. The summed E-state index contributed by atoms with van der Waals surface area (Å²) in [7, 11) is 0. The van der Waals surface area contributed by atoms with Crippen LogP contribution in [0.4, 0.5) is 5.13 Å². The second-order valence-corrected chi connectivity index (χ2v) is 8.97. The Morgan fingerprint density at radius 1 is 1.21 bits per heavy atom. The lowest BCUT2D eigenvalue weighted by Crippen LogP contribution is -2.32. The molecule has 0 N–H and O–H groups in total. The maximum atomic E-state index is 13.3. The van der Waals surface area contributed by atoms with Crippen molar-refractivity contribution in [3.8, 4) is 0 Å². The quantitative estimate of drug-likeness (QED) is 0.369. The first-order chi connectivity index (χ1) is 14.0. The summed E-state index contributed by atoms with van der Waals surface area (Å²) in [6.07, 6.45) is 6.31.